The van der Waals surface area contributed by atoms with E-state index in [1.807, 2.05) is 43.3 Å². The summed E-state index contributed by atoms with van der Waals surface area (Å²) in [7, 11) is 0. The summed E-state index contributed by atoms with van der Waals surface area (Å²) in [6, 6.07) is 15.2. The van der Waals surface area contributed by atoms with Crippen molar-refractivity contribution < 1.29 is 9.53 Å². The van der Waals surface area contributed by atoms with Crippen LogP contribution in [0.5, 0.6) is 5.75 Å². The van der Waals surface area contributed by atoms with Gasteiger partial charge in [-0.2, -0.15) is 0 Å². The fourth-order valence-corrected chi connectivity index (χ4v) is 2.52. The fourth-order valence-electron chi connectivity index (χ4n) is 2.08. The molecule has 2 aromatic rings. The Balaban J connectivity index is 2.00. The minimum absolute atomic E-state index is 0.0679. The van der Waals surface area contributed by atoms with Crippen molar-refractivity contribution in [2.75, 3.05) is 6.54 Å². The van der Waals surface area contributed by atoms with Crippen molar-refractivity contribution >= 4 is 21.8 Å². The molecule has 0 radical (unpaired) electrons. The van der Waals surface area contributed by atoms with Crippen molar-refractivity contribution in [3.05, 3.63) is 64.1 Å². The molecule has 0 fully saturated rings. The van der Waals surface area contributed by atoms with Gasteiger partial charge in [0, 0.05) is 17.1 Å². The van der Waals surface area contributed by atoms with Gasteiger partial charge < -0.3 is 15.8 Å². The second kappa shape index (κ2) is 8.70. The SMILES string of the molecule is CC(N)CCNC(=O)c1ccccc1OCc1cccc(Br)c1. The van der Waals surface area contributed by atoms with Crippen LogP contribution in [0.2, 0.25) is 0 Å². The molecule has 0 bridgehead atoms. The van der Waals surface area contributed by atoms with Gasteiger partial charge in [-0.05, 0) is 43.2 Å². The lowest BCUT2D eigenvalue weighted by Crippen LogP contribution is -2.29. The summed E-state index contributed by atoms with van der Waals surface area (Å²) in [5, 5.41) is 2.87. The van der Waals surface area contributed by atoms with E-state index in [1.165, 1.54) is 0 Å². The van der Waals surface area contributed by atoms with Gasteiger partial charge in [0.05, 0.1) is 5.56 Å². The Bertz CT molecular complexity index is 659. The van der Waals surface area contributed by atoms with Gasteiger partial charge in [0.15, 0.2) is 0 Å². The highest BCUT2D eigenvalue weighted by Gasteiger charge is 2.12. The minimum atomic E-state index is -0.143. The van der Waals surface area contributed by atoms with Crippen LogP contribution in [0.1, 0.15) is 29.3 Å². The topological polar surface area (TPSA) is 64.3 Å². The maximum absolute atomic E-state index is 12.3. The number of nitrogens with two attached hydrogens (primary N) is 1. The molecule has 122 valence electrons. The molecule has 0 aliphatic heterocycles. The molecule has 3 N–H and O–H groups in total. The molecule has 0 heterocycles. The molecule has 1 atom stereocenters. The van der Waals surface area contributed by atoms with E-state index in [2.05, 4.69) is 21.2 Å². The lowest BCUT2D eigenvalue weighted by atomic mass is 10.1. The molecule has 0 spiro atoms. The van der Waals surface area contributed by atoms with E-state index < -0.39 is 0 Å². The van der Waals surface area contributed by atoms with Gasteiger partial charge in [0.25, 0.3) is 5.91 Å². The highest BCUT2D eigenvalue weighted by molar-refractivity contribution is 9.10. The number of rotatable bonds is 7. The molecule has 0 aliphatic carbocycles. The van der Waals surface area contributed by atoms with Crippen molar-refractivity contribution in [2.24, 2.45) is 5.73 Å². The van der Waals surface area contributed by atoms with Gasteiger partial charge in [-0.15, -0.1) is 0 Å². The van der Waals surface area contributed by atoms with Crippen LogP contribution in [0.3, 0.4) is 0 Å². The number of carbonyl (C=O) groups excluding carboxylic acids is 1. The number of para-hydroxylation sites is 1. The van der Waals surface area contributed by atoms with Gasteiger partial charge in [-0.1, -0.05) is 40.2 Å². The highest BCUT2D eigenvalue weighted by atomic mass is 79.9. The van der Waals surface area contributed by atoms with E-state index in [9.17, 15) is 4.79 Å². The average molecular weight is 377 g/mol. The van der Waals surface area contributed by atoms with E-state index in [1.54, 1.807) is 12.1 Å². The quantitative estimate of drug-likeness (QED) is 0.776. The van der Waals surface area contributed by atoms with Crippen LogP contribution in [-0.2, 0) is 6.61 Å². The molecular formula is C18H21BrN2O2. The normalized spacial score (nSPS) is 11.8. The summed E-state index contributed by atoms with van der Waals surface area (Å²) < 4.78 is 6.82. The number of benzene rings is 2. The number of hydrogen-bond donors (Lipinski definition) is 2. The van der Waals surface area contributed by atoms with Crippen LogP contribution < -0.4 is 15.8 Å². The van der Waals surface area contributed by atoms with Crippen molar-refractivity contribution in [3.8, 4) is 5.75 Å². The van der Waals surface area contributed by atoms with Crippen LogP contribution in [-0.4, -0.2) is 18.5 Å². The third-order valence-electron chi connectivity index (χ3n) is 3.30. The van der Waals surface area contributed by atoms with Crippen molar-refractivity contribution in [3.63, 3.8) is 0 Å². The first-order chi connectivity index (χ1) is 11.1. The molecule has 2 rings (SSSR count). The summed E-state index contributed by atoms with van der Waals surface area (Å²) in [6.07, 6.45) is 0.743. The number of carbonyl (C=O) groups is 1. The van der Waals surface area contributed by atoms with Crippen LogP contribution >= 0.6 is 15.9 Å². The first-order valence-electron chi connectivity index (χ1n) is 7.56. The Morgan fingerprint density at radius 1 is 1.26 bits per heavy atom. The molecule has 0 aromatic heterocycles. The maximum atomic E-state index is 12.3. The minimum Gasteiger partial charge on any atom is -0.488 e. The molecule has 23 heavy (non-hydrogen) atoms. The summed E-state index contributed by atoms with van der Waals surface area (Å²) in [5.41, 5.74) is 7.26. The van der Waals surface area contributed by atoms with Crippen molar-refractivity contribution in [1.29, 1.82) is 0 Å². The fraction of sp³-hybridized carbons (Fsp3) is 0.278. The third kappa shape index (κ3) is 5.69. The van der Waals surface area contributed by atoms with Gasteiger partial charge in [-0.25, -0.2) is 0 Å². The zero-order valence-electron chi connectivity index (χ0n) is 13.1. The van der Waals surface area contributed by atoms with Crippen LogP contribution in [0.15, 0.2) is 53.0 Å². The van der Waals surface area contributed by atoms with Crippen molar-refractivity contribution in [2.45, 2.75) is 26.0 Å². The number of nitrogens with one attached hydrogen (secondary N) is 1. The maximum Gasteiger partial charge on any atom is 0.255 e. The Morgan fingerprint density at radius 3 is 2.78 bits per heavy atom. The molecule has 0 saturated heterocycles. The van der Waals surface area contributed by atoms with Gasteiger partial charge in [-0.3, -0.25) is 4.79 Å². The van der Waals surface area contributed by atoms with Gasteiger partial charge >= 0.3 is 0 Å². The predicted molar refractivity (Wildman–Crippen MR) is 95.5 cm³/mol. The lowest BCUT2D eigenvalue weighted by molar-refractivity contribution is 0.0948. The molecule has 0 aliphatic rings. The zero-order chi connectivity index (χ0) is 16.7. The van der Waals surface area contributed by atoms with Gasteiger partial charge in [0.1, 0.15) is 12.4 Å². The zero-order valence-corrected chi connectivity index (χ0v) is 14.7. The van der Waals surface area contributed by atoms with Crippen LogP contribution in [0.25, 0.3) is 0 Å². The predicted octanol–water partition coefficient (Wildman–Crippen LogP) is 3.50. The lowest BCUT2D eigenvalue weighted by Gasteiger charge is -2.12. The molecule has 0 saturated carbocycles. The molecule has 1 amide bonds. The molecule has 4 nitrogen and oxygen atoms in total. The second-order valence-corrected chi connectivity index (χ2v) is 6.35. The summed E-state index contributed by atoms with van der Waals surface area (Å²) in [5.74, 6) is 0.432. The summed E-state index contributed by atoms with van der Waals surface area (Å²) in [6.45, 7) is 2.88. The highest BCUT2D eigenvalue weighted by Crippen LogP contribution is 2.20. The second-order valence-electron chi connectivity index (χ2n) is 5.44. The van der Waals surface area contributed by atoms with Gasteiger partial charge in [0.2, 0.25) is 0 Å². The van der Waals surface area contributed by atoms with Crippen LogP contribution in [0, 0.1) is 0 Å². The first kappa shape index (κ1) is 17.5. The molecule has 5 heteroatoms. The Labute approximate surface area is 145 Å². The van der Waals surface area contributed by atoms with Crippen molar-refractivity contribution in [1.82, 2.24) is 5.32 Å². The van der Waals surface area contributed by atoms with E-state index in [0.29, 0.717) is 24.5 Å². The Kier molecular flexibility index (Phi) is 6.62. The largest absolute Gasteiger partial charge is 0.488 e. The Hall–Kier alpha value is -1.85. The monoisotopic (exact) mass is 376 g/mol. The number of halogens is 1. The molecular weight excluding hydrogens is 356 g/mol. The molecule has 2 aromatic carbocycles. The van der Waals surface area contributed by atoms with E-state index in [-0.39, 0.29) is 11.9 Å². The Morgan fingerprint density at radius 2 is 2.04 bits per heavy atom. The summed E-state index contributed by atoms with van der Waals surface area (Å²) >= 11 is 3.44. The van der Waals surface area contributed by atoms with Crippen LogP contribution in [0.4, 0.5) is 0 Å². The first-order valence-corrected chi connectivity index (χ1v) is 8.35. The number of ether oxygens (including phenoxy) is 1. The van der Waals surface area contributed by atoms with E-state index in [0.717, 1.165) is 16.5 Å². The molecule has 1 unspecified atom stereocenters. The smallest absolute Gasteiger partial charge is 0.255 e. The van der Waals surface area contributed by atoms with E-state index in [4.69, 9.17) is 10.5 Å². The number of amides is 1. The summed E-state index contributed by atoms with van der Waals surface area (Å²) in [4.78, 5) is 12.3. The standard InChI is InChI=1S/C18H21BrN2O2/c1-13(20)9-10-21-18(22)16-7-2-3-8-17(16)23-12-14-5-4-6-15(19)11-14/h2-8,11,13H,9-10,12,20H2,1H3,(H,21,22). The third-order valence-corrected chi connectivity index (χ3v) is 3.79. The number of hydrogen-bond acceptors (Lipinski definition) is 3. The average Bonchev–Trinajstić information content (AvgIpc) is 2.53. The van der Waals surface area contributed by atoms with E-state index >= 15 is 0 Å².